The Morgan fingerprint density at radius 2 is 2.00 bits per heavy atom. The normalized spacial score (nSPS) is 18.7. The van der Waals surface area contributed by atoms with Gasteiger partial charge in [0.15, 0.2) is 0 Å². The fourth-order valence-electron chi connectivity index (χ4n) is 2.50. The summed E-state index contributed by atoms with van der Waals surface area (Å²) < 4.78 is 33.5. The zero-order valence-corrected chi connectivity index (χ0v) is 13.9. The zero-order valence-electron chi connectivity index (χ0n) is 12.3. The lowest BCUT2D eigenvalue weighted by Gasteiger charge is -2.34. The number of nitrogens with two attached hydrogens (primary N) is 1. The molecule has 5 nitrogen and oxygen atoms in total. The van der Waals surface area contributed by atoms with Crippen molar-refractivity contribution in [3.8, 4) is 0 Å². The van der Waals surface area contributed by atoms with Crippen LogP contribution in [0, 0.1) is 6.92 Å². The van der Waals surface area contributed by atoms with E-state index >= 15 is 0 Å². The number of rotatable bonds is 4. The Morgan fingerprint density at radius 1 is 1.38 bits per heavy atom. The molecule has 1 heterocycles. The quantitative estimate of drug-likeness (QED) is 0.883. The molecule has 0 aromatic heterocycles. The maximum absolute atomic E-state index is 12.7. The van der Waals surface area contributed by atoms with Gasteiger partial charge in [0, 0.05) is 30.3 Å². The van der Waals surface area contributed by atoms with Crippen molar-refractivity contribution in [3.63, 3.8) is 0 Å². The molecule has 1 aromatic carbocycles. The molecule has 21 heavy (non-hydrogen) atoms. The maximum Gasteiger partial charge on any atom is 0.241 e. The van der Waals surface area contributed by atoms with Crippen LogP contribution in [0.25, 0.3) is 0 Å². The highest BCUT2D eigenvalue weighted by molar-refractivity contribution is 7.89. The summed E-state index contributed by atoms with van der Waals surface area (Å²) >= 11 is 6.02. The summed E-state index contributed by atoms with van der Waals surface area (Å²) in [6, 6.07) is 3.17. The SMILES string of the molecule is Cc1c(CN)cc(Cl)cc1S(=O)(=O)NC1(C)CCOCC1. The molecule has 1 aliphatic rings. The molecule has 0 bridgehead atoms. The molecule has 7 heteroatoms. The van der Waals surface area contributed by atoms with Gasteiger partial charge in [0.2, 0.25) is 10.0 Å². The lowest BCUT2D eigenvalue weighted by Crippen LogP contribution is -2.49. The van der Waals surface area contributed by atoms with Gasteiger partial charge in [-0.15, -0.1) is 0 Å². The molecule has 3 N–H and O–H groups in total. The van der Waals surface area contributed by atoms with Gasteiger partial charge in [0.05, 0.1) is 4.90 Å². The van der Waals surface area contributed by atoms with Gasteiger partial charge < -0.3 is 10.5 Å². The topological polar surface area (TPSA) is 81.4 Å². The van der Waals surface area contributed by atoms with Crippen LogP contribution in [0.5, 0.6) is 0 Å². The monoisotopic (exact) mass is 332 g/mol. The van der Waals surface area contributed by atoms with Crippen molar-refractivity contribution in [2.75, 3.05) is 13.2 Å². The molecule has 1 saturated heterocycles. The second-order valence-corrected chi connectivity index (χ2v) is 7.76. The summed E-state index contributed by atoms with van der Waals surface area (Å²) in [5.74, 6) is 0. The first kappa shape index (κ1) is 16.7. The zero-order chi connectivity index (χ0) is 15.7. The summed E-state index contributed by atoms with van der Waals surface area (Å²) in [5.41, 5.74) is 6.54. The lowest BCUT2D eigenvalue weighted by molar-refractivity contribution is 0.0537. The number of benzene rings is 1. The van der Waals surface area contributed by atoms with Crippen LogP contribution in [0.4, 0.5) is 0 Å². The first-order valence-electron chi connectivity index (χ1n) is 6.88. The number of halogens is 1. The molecular formula is C14H21ClN2O3S. The second kappa shape index (κ2) is 6.22. The number of nitrogens with one attached hydrogen (secondary N) is 1. The maximum atomic E-state index is 12.7. The molecule has 0 radical (unpaired) electrons. The van der Waals surface area contributed by atoms with Crippen LogP contribution in [-0.2, 0) is 21.3 Å². The predicted octanol–water partition coefficient (Wildman–Crippen LogP) is 1.95. The van der Waals surface area contributed by atoms with Gasteiger partial charge in [0.25, 0.3) is 0 Å². The van der Waals surface area contributed by atoms with Crippen LogP contribution in [0.1, 0.15) is 30.9 Å². The third-order valence-electron chi connectivity index (χ3n) is 3.92. The van der Waals surface area contributed by atoms with Gasteiger partial charge in [0.1, 0.15) is 0 Å². The molecular weight excluding hydrogens is 312 g/mol. The molecule has 1 fully saturated rings. The minimum atomic E-state index is -3.65. The van der Waals surface area contributed by atoms with Gasteiger partial charge in [-0.1, -0.05) is 11.6 Å². The molecule has 0 saturated carbocycles. The fourth-order valence-corrected chi connectivity index (χ4v) is 4.59. The van der Waals surface area contributed by atoms with Crippen LogP contribution in [-0.4, -0.2) is 27.2 Å². The van der Waals surface area contributed by atoms with E-state index < -0.39 is 15.6 Å². The van der Waals surface area contributed by atoms with Crippen LogP contribution in [0.15, 0.2) is 17.0 Å². The molecule has 0 spiro atoms. The Bertz CT molecular complexity index is 625. The van der Waals surface area contributed by atoms with E-state index in [1.165, 1.54) is 6.07 Å². The molecule has 0 unspecified atom stereocenters. The fraction of sp³-hybridized carbons (Fsp3) is 0.571. The summed E-state index contributed by atoms with van der Waals surface area (Å²) in [4.78, 5) is 0.197. The summed E-state index contributed by atoms with van der Waals surface area (Å²) in [7, 11) is -3.65. The van der Waals surface area contributed by atoms with Crippen molar-refractivity contribution in [2.45, 2.75) is 43.7 Å². The largest absolute Gasteiger partial charge is 0.381 e. The van der Waals surface area contributed by atoms with Crippen molar-refractivity contribution >= 4 is 21.6 Å². The Hall–Kier alpha value is -0.660. The standard InChI is InChI=1S/C14H21ClN2O3S/c1-10-11(9-16)7-12(15)8-13(10)21(18,19)17-14(2)3-5-20-6-4-14/h7-8,17H,3-6,9,16H2,1-2H3. The lowest BCUT2D eigenvalue weighted by atomic mass is 9.94. The van der Waals surface area contributed by atoms with Crippen molar-refractivity contribution in [1.29, 1.82) is 0 Å². The molecule has 0 amide bonds. The Morgan fingerprint density at radius 3 is 2.57 bits per heavy atom. The van der Waals surface area contributed by atoms with Crippen molar-refractivity contribution < 1.29 is 13.2 Å². The smallest absolute Gasteiger partial charge is 0.241 e. The average molecular weight is 333 g/mol. The van der Waals surface area contributed by atoms with E-state index in [2.05, 4.69) is 4.72 Å². The van der Waals surface area contributed by atoms with Gasteiger partial charge in [-0.2, -0.15) is 0 Å². The molecule has 118 valence electrons. The van der Waals surface area contributed by atoms with E-state index in [9.17, 15) is 8.42 Å². The van der Waals surface area contributed by atoms with Crippen LogP contribution in [0.2, 0.25) is 5.02 Å². The summed E-state index contributed by atoms with van der Waals surface area (Å²) in [6.07, 6.45) is 1.30. The minimum absolute atomic E-state index is 0.197. The van der Waals surface area contributed by atoms with Gasteiger partial charge in [-0.3, -0.25) is 0 Å². The number of hydrogen-bond acceptors (Lipinski definition) is 4. The van der Waals surface area contributed by atoms with E-state index in [4.69, 9.17) is 22.1 Å². The van der Waals surface area contributed by atoms with Crippen LogP contribution < -0.4 is 10.5 Å². The van der Waals surface area contributed by atoms with Crippen molar-refractivity contribution in [2.24, 2.45) is 5.73 Å². The molecule has 0 atom stereocenters. The van der Waals surface area contributed by atoms with E-state index in [0.717, 1.165) is 5.56 Å². The average Bonchev–Trinajstić information content (AvgIpc) is 2.40. The van der Waals surface area contributed by atoms with Crippen LogP contribution >= 0.6 is 11.6 Å². The first-order chi connectivity index (χ1) is 9.77. The number of ether oxygens (including phenoxy) is 1. The highest BCUT2D eigenvalue weighted by Gasteiger charge is 2.33. The molecule has 2 rings (SSSR count). The third-order valence-corrected chi connectivity index (χ3v) is 5.90. The van der Waals surface area contributed by atoms with Gasteiger partial charge >= 0.3 is 0 Å². The molecule has 0 aliphatic carbocycles. The second-order valence-electron chi connectivity index (χ2n) is 5.67. The first-order valence-corrected chi connectivity index (χ1v) is 8.74. The summed E-state index contributed by atoms with van der Waals surface area (Å²) in [5, 5.41) is 0.374. The highest BCUT2D eigenvalue weighted by atomic mass is 35.5. The molecule has 1 aliphatic heterocycles. The van der Waals surface area contributed by atoms with Crippen molar-refractivity contribution in [1.82, 2.24) is 4.72 Å². The number of sulfonamides is 1. The Kier molecular flexibility index (Phi) is 4.95. The predicted molar refractivity (Wildman–Crippen MR) is 82.9 cm³/mol. The molecule has 1 aromatic rings. The Labute approximate surface area is 130 Å². The highest BCUT2D eigenvalue weighted by Crippen LogP contribution is 2.27. The van der Waals surface area contributed by atoms with E-state index in [1.807, 2.05) is 6.92 Å². The van der Waals surface area contributed by atoms with E-state index in [-0.39, 0.29) is 11.4 Å². The van der Waals surface area contributed by atoms with E-state index in [0.29, 0.717) is 36.6 Å². The van der Waals surface area contributed by atoms with E-state index in [1.54, 1.807) is 13.0 Å². The van der Waals surface area contributed by atoms with Crippen LogP contribution in [0.3, 0.4) is 0 Å². The number of hydrogen-bond donors (Lipinski definition) is 2. The van der Waals surface area contributed by atoms with Gasteiger partial charge in [-0.25, -0.2) is 13.1 Å². The third kappa shape index (κ3) is 3.76. The van der Waals surface area contributed by atoms with Gasteiger partial charge in [-0.05, 0) is 49.9 Å². The minimum Gasteiger partial charge on any atom is -0.381 e. The summed E-state index contributed by atoms with van der Waals surface area (Å²) in [6.45, 7) is 5.01. The Balaban J connectivity index is 2.38. The van der Waals surface area contributed by atoms with Crippen molar-refractivity contribution in [3.05, 3.63) is 28.3 Å².